The zero-order valence-electron chi connectivity index (χ0n) is 11.4. The normalized spacial score (nSPS) is 53.0. The van der Waals surface area contributed by atoms with Gasteiger partial charge in [0.1, 0.15) is 0 Å². The van der Waals surface area contributed by atoms with E-state index in [1.165, 1.54) is 0 Å². The average molecular weight is 122 g/mol. The van der Waals surface area contributed by atoms with Gasteiger partial charge in [-0.2, -0.15) is 0 Å². The minimum absolute atomic E-state index is 0.0217. The van der Waals surface area contributed by atoms with Crippen LogP contribution in [-0.2, 0) is 4.74 Å². The molecule has 1 heterocycles. The molecule has 0 saturated carbocycles. The van der Waals surface area contributed by atoms with Gasteiger partial charge < -0.3 is 10.1 Å². The number of nitrogens with one attached hydrogen (secondary N) is 1. The molecule has 1 N–H and O–H groups in total. The van der Waals surface area contributed by atoms with Gasteiger partial charge in [0.15, 0.2) is 0 Å². The summed E-state index contributed by atoms with van der Waals surface area (Å²) in [7, 11) is 0. The molecule has 48 valence electrons. The minimum Gasteiger partial charge on any atom is -0.373 e. The van der Waals surface area contributed by atoms with Crippen LogP contribution in [0.3, 0.4) is 0 Å². The van der Waals surface area contributed by atoms with Crippen LogP contribution in [-0.4, -0.2) is 25.3 Å². The highest BCUT2D eigenvalue weighted by molar-refractivity contribution is 4.75. The molecular formula is C6H13NO. The number of hydrogen-bond acceptors (Lipinski definition) is 2. The summed E-state index contributed by atoms with van der Waals surface area (Å²) in [5.41, 5.74) is -2.43. The number of rotatable bonds is 0. The van der Waals surface area contributed by atoms with Crippen molar-refractivity contribution in [3.63, 3.8) is 0 Å². The summed E-state index contributed by atoms with van der Waals surface area (Å²) in [6.07, 6.45) is 0. The van der Waals surface area contributed by atoms with Crippen LogP contribution >= 0.6 is 0 Å². The third-order valence-electron chi connectivity index (χ3n) is 0.881. The van der Waals surface area contributed by atoms with Crippen LogP contribution in [0.15, 0.2) is 0 Å². The van der Waals surface area contributed by atoms with Crippen LogP contribution in [0, 0.1) is 0 Å². The maximum atomic E-state index is 7.53. The van der Waals surface area contributed by atoms with Crippen LogP contribution in [0.5, 0.6) is 0 Å². The van der Waals surface area contributed by atoms with Crippen molar-refractivity contribution in [1.82, 2.24) is 5.32 Å². The largest absolute Gasteiger partial charge is 0.373 e. The second kappa shape index (κ2) is 2.03. The number of morpholine rings is 1. The summed E-state index contributed by atoms with van der Waals surface area (Å²) in [5.74, 6) is 0. The summed E-state index contributed by atoms with van der Waals surface area (Å²) in [6.45, 7) is -6.95. The molecule has 2 heteroatoms. The van der Waals surface area contributed by atoms with E-state index in [-0.39, 0.29) is 13.2 Å². The van der Waals surface area contributed by atoms with Crippen LogP contribution in [0.4, 0.5) is 0 Å². The van der Waals surface area contributed by atoms with Crippen molar-refractivity contribution in [2.45, 2.75) is 19.3 Å². The number of ether oxygens (including phenoxy) is 1. The Kier molecular flexibility index (Phi) is 0.433. The summed E-state index contributed by atoms with van der Waals surface area (Å²) >= 11 is 0. The van der Waals surface area contributed by atoms with Crippen molar-refractivity contribution in [2.24, 2.45) is 0 Å². The van der Waals surface area contributed by atoms with Gasteiger partial charge >= 0.3 is 0 Å². The van der Waals surface area contributed by atoms with E-state index >= 15 is 0 Å². The molecule has 2 nitrogen and oxygen atoms in total. The molecule has 0 amide bonds. The van der Waals surface area contributed by atoms with Crippen molar-refractivity contribution in [1.29, 1.82) is 0 Å². The van der Waals surface area contributed by atoms with Crippen LogP contribution < -0.4 is 5.32 Å². The summed E-state index contributed by atoms with van der Waals surface area (Å²) < 4.78 is 56.0. The second-order valence-electron chi connectivity index (χ2n) is 1.68. The van der Waals surface area contributed by atoms with Gasteiger partial charge in [-0.1, -0.05) is 0 Å². The Morgan fingerprint density at radius 2 is 2.75 bits per heavy atom. The first-order valence-corrected chi connectivity index (χ1v) is 2.42. The molecule has 1 fully saturated rings. The summed E-state index contributed by atoms with van der Waals surface area (Å²) in [6, 6.07) is 0. The minimum atomic E-state index is -2.86. The van der Waals surface area contributed by atoms with Gasteiger partial charge in [0.2, 0.25) is 0 Å². The van der Waals surface area contributed by atoms with Crippen molar-refractivity contribution < 1.29 is 14.3 Å². The molecule has 0 aliphatic carbocycles. The molecule has 1 rings (SSSR count). The van der Waals surface area contributed by atoms with Crippen molar-refractivity contribution >= 4 is 0 Å². The Bertz CT molecular complexity index is 221. The molecule has 0 aromatic heterocycles. The molecule has 0 radical (unpaired) electrons. The molecule has 0 bridgehead atoms. The van der Waals surface area contributed by atoms with E-state index in [1.54, 1.807) is 0 Å². The molecule has 1 aliphatic heterocycles. The molecule has 1 unspecified atom stereocenters. The maximum absolute atomic E-state index is 7.53. The lowest BCUT2D eigenvalue weighted by molar-refractivity contribution is -0.0384. The van der Waals surface area contributed by atoms with E-state index in [0.717, 1.165) is 0 Å². The SMILES string of the molecule is [2H]C1NCCOC1(C([2H])([2H])[2H])C([2H])([2H])[2H]. The highest BCUT2D eigenvalue weighted by Gasteiger charge is 2.20. The molecule has 1 saturated heterocycles. The third-order valence-corrected chi connectivity index (χ3v) is 0.881. The predicted molar refractivity (Wildman–Crippen MR) is 32.9 cm³/mol. The fourth-order valence-corrected chi connectivity index (χ4v) is 0.529. The van der Waals surface area contributed by atoms with E-state index in [4.69, 9.17) is 14.3 Å². The maximum Gasteiger partial charge on any atom is 0.0750 e. The van der Waals surface area contributed by atoms with Gasteiger partial charge in [-0.05, 0) is 13.7 Å². The predicted octanol–water partition coefficient (Wildman–Crippen LogP) is 0.385. The molecule has 1 atom stereocenters. The van der Waals surface area contributed by atoms with Crippen molar-refractivity contribution in [2.75, 3.05) is 19.7 Å². The zero-order valence-corrected chi connectivity index (χ0v) is 4.40. The molecule has 1 aliphatic rings. The summed E-state index contributed by atoms with van der Waals surface area (Å²) in [4.78, 5) is 0. The van der Waals surface area contributed by atoms with Crippen LogP contribution in [0.1, 0.15) is 23.3 Å². The van der Waals surface area contributed by atoms with E-state index in [1.807, 2.05) is 0 Å². The van der Waals surface area contributed by atoms with Gasteiger partial charge in [-0.3, -0.25) is 0 Å². The first kappa shape index (κ1) is 1.70. The standard InChI is InChI=1S/C6H13NO/c1-6(2)5-7-3-4-8-6/h7H,3-5H2,1-2H3/i1D3,2D3,5D. The van der Waals surface area contributed by atoms with E-state index in [9.17, 15) is 0 Å². The van der Waals surface area contributed by atoms with Gasteiger partial charge in [-0.25, -0.2) is 0 Å². The van der Waals surface area contributed by atoms with Crippen LogP contribution in [0.2, 0.25) is 0 Å². The highest BCUT2D eigenvalue weighted by Crippen LogP contribution is 2.08. The number of hydrogen-bond donors (Lipinski definition) is 1. The molecule has 0 spiro atoms. The lowest BCUT2D eigenvalue weighted by atomic mass is 10.1. The average Bonchev–Trinajstić information content (AvgIpc) is 2.00. The quantitative estimate of drug-likeness (QED) is 0.501. The van der Waals surface area contributed by atoms with Gasteiger partial charge in [0.25, 0.3) is 0 Å². The van der Waals surface area contributed by atoms with Gasteiger partial charge in [-0.15, -0.1) is 0 Å². The first-order chi connectivity index (χ1) is 6.63. The second-order valence-corrected chi connectivity index (χ2v) is 1.68. The molecule has 0 aromatic carbocycles. The van der Waals surface area contributed by atoms with Gasteiger partial charge in [0, 0.05) is 22.7 Å². The molecule has 8 heavy (non-hydrogen) atoms. The Labute approximate surface area is 60.1 Å². The van der Waals surface area contributed by atoms with Crippen LogP contribution in [0.25, 0.3) is 0 Å². The smallest absolute Gasteiger partial charge is 0.0750 e. The lowest BCUT2D eigenvalue weighted by Gasteiger charge is -2.30. The van der Waals surface area contributed by atoms with Crippen molar-refractivity contribution in [3.05, 3.63) is 0 Å². The van der Waals surface area contributed by atoms with E-state index in [0.29, 0.717) is 0 Å². The molecule has 0 aromatic rings. The topological polar surface area (TPSA) is 21.3 Å². The fourth-order valence-electron chi connectivity index (χ4n) is 0.529. The fraction of sp³-hybridized carbons (Fsp3) is 1.00. The third kappa shape index (κ3) is 1.46. The zero-order chi connectivity index (χ0) is 11.9. The Hall–Kier alpha value is -0.0800. The Balaban J connectivity index is 3.17. The highest BCUT2D eigenvalue weighted by atomic mass is 16.5. The van der Waals surface area contributed by atoms with Gasteiger partial charge in [0.05, 0.1) is 12.2 Å². The Morgan fingerprint density at radius 1 is 1.88 bits per heavy atom. The summed E-state index contributed by atoms with van der Waals surface area (Å²) in [5, 5.41) is 2.51. The molecular weight excluding hydrogens is 102 g/mol. The monoisotopic (exact) mass is 122 g/mol. The van der Waals surface area contributed by atoms with E-state index < -0.39 is 25.8 Å². The lowest BCUT2D eigenvalue weighted by Crippen LogP contribution is -2.45. The Morgan fingerprint density at radius 3 is 3.25 bits per heavy atom. The van der Waals surface area contributed by atoms with E-state index in [2.05, 4.69) is 5.32 Å². The first-order valence-electron chi connectivity index (χ1n) is 6.00. The van der Waals surface area contributed by atoms with Crippen molar-refractivity contribution in [3.8, 4) is 0 Å².